The third kappa shape index (κ3) is 19.4. The van der Waals surface area contributed by atoms with Crippen LogP contribution in [0.4, 0.5) is 5.82 Å². The second-order valence-electron chi connectivity index (χ2n) is 15.3. The number of imidazole rings is 1. The molecular weight excluding hydrogens is 915 g/mol. The zero-order chi connectivity index (χ0) is 46.8. The number of aromatic nitrogens is 4. The number of nitrogen functional groups attached to an aromatic ring is 1. The van der Waals surface area contributed by atoms with Crippen LogP contribution in [0.1, 0.15) is 97.6 Å². The largest absolute Gasteiger partial charge is 0.481 e. The fraction of sp³-hybridized carbons (Fsp3) is 0.714. The molecule has 0 aromatic carbocycles. The molecule has 2 unspecified atom stereocenters. The zero-order valence-electron chi connectivity index (χ0n) is 35.3. The van der Waals surface area contributed by atoms with E-state index in [0.29, 0.717) is 5.75 Å². The maximum absolute atomic E-state index is 12.7. The summed E-state index contributed by atoms with van der Waals surface area (Å²) in [6.07, 6.45) is 8.37. The van der Waals surface area contributed by atoms with Gasteiger partial charge in [-0.25, -0.2) is 28.6 Å². The molecule has 7 atom stereocenters. The highest BCUT2D eigenvalue weighted by Gasteiger charge is 2.50. The number of aliphatic hydroxyl groups is 2. The van der Waals surface area contributed by atoms with Crippen LogP contribution in [0.3, 0.4) is 0 Å². The molecular formula is C35H60N7O17P3S. The second kappa shape index (κ2) is 25.9. The van der Waals surface area contributed by atoms with Crippen LogP contribution in [-0.2, 0) is 50.7 Å². The van der Waals surface area contributed by atoms with E-state index >= 15 is 0 Å². The third-order valence-electron chi connectivity index (χ3n) is 9.47. The fourth-order valence-electron chi connectivity index (χ4n) is 6.08. The number of nitrogens with two attached hydrogens (primary N) is 1. The molecule has 0 aliphatic carbocycles. The smallest absolute Gasteiger partial charge is 0.386 e. The fourth-order valence-corrected chi connectivity index (χ4v) is 9.51. The van der Waals surface area contributed by atoms with Gasteiger partial charge in [-0.05, 0) is 18.9 Å². The lowest BCUT2D eigenvalue weighted by Crippen LogP contribution is -2.46. The van der Waals surface area contributed by atoms with E-state index in [1.165, 1.54) is 58.8 Å². The predicted molar refractivity (Wildman–Crippen MR) is 228 cm³/mol. The number of thioether (sulfide) groups is 1. The summed E-state index contributed by atoms with van der Waals surface area (Å²) in [5.41, 5.74) is 4.28. The number of unbranched alkanes of at least 4 members (excludes halogenated alkanes) is 9. The highest BCUT2D eigenvalue weighted by atomic mass is 32.2. The first-order chi connectivity index (χ1) is 29.6. The van der Waals surface area contributed by atoms with Crippen molar-refractivity contribution >= 4 is 69.1 Å². The van der Waals surface area contributed by atoms with Crippen molar-refractivity contribution in [3.8, 4) is 0 Å². The zero-order valence-corrected chi connectivity index (χ0v) is 38.8. The highest BCUT2D eigenvalue weighted by molar-refractivity contribution is 8.14. The molecule has 1 aliphatic rings. The van der Waals surface area contributed by atoms with E-state index in [2.05, 4.69) is 41.3 Å². The van der Waals surface area contributed by atoms with Crippen molar-refractivity contribution in [2.45, 2.75) is 122 Å². The number of ether oxygens (including phenoxy) is 1. The SMILES string of the molecule is CCCCCCCCCCC/C=C/C(=O)SCCNC(=O)CCNC(=O)[C@H](O)C(C)(C)COP(=O)(O)OP(=O)(O)OC[C@H]1O[C@@H](n2cnc3c(N)ncnc32)[C@H](O)[C@@H]1OP(=O)(O)O. The van der Waals surface area contributed by atoms with Gasteiger partial charge in [0.1, 0.15) is 36.3 Å². The Morgan fingerprint density at radius 2 is 1.62 bits per heavy atom. The van der Waals surface area contributed by atoms with Crippen LogP contribution in [0.5, 0.6) is 0 Å². The number of rotatable bonds is 30. The van der Waals surface area contributed by atoms with E-state index in [0.717, 1.165) is 48.2 Å². The first kappa shape index (κ1) is 54.6. The number of amides is 2. The number of hydrogen-bond donors (Lipinski definition) is 9. The lowest BCUT2D eigenvalue weighted by atomic mass is 9.87. The molecule has 0 radical (unpaired) electrons. The number of carbonyl (C=O) groups excluding carboxylic acids is 3. The molecule has 0 saturated carbocycles. The molecule has 28 heteroatoms. The van der Waals surface area contributed by atoms with Crippen LogP contribution < -0.4 is 16.4 Å². The molecule has 2 amide bonds. The van der Waals surface area contributed by atoms with Crippen LogP contribution in [0.15, 0.2) is 24.8 Å². The van der Waals surface area contributed by atoms with Crippen LogP contribution in [0, 0.1) is 5.41 Å². The Hall–Kier alpha value is -2.70. The summed E-state index contributed by atoms with van der Waals surface area (Å²) in [6, 6.07) is 0. The number of aliphatic hydroxyl groups excluding tert-OH is 2. The molecule has 1 fully saturated rings. The van der Waals surface area contributed by atoms with E-state index in [1.54, 1.807) is 6.08 Å². The number of anilines is 1. The minimum absolute atomic E-state index is 0.0320. The maximum atomic E-state index is 12.7. The number of nitrogens with zero attached hydrogens (tertiary/aromatic N) is 4. The summed E-state index contributed by atoms with van der Waals surface area (Å²) in [5.74, 6) is -1.10. The topological polar surface area (TPSA) is 364 Å². The molecule has 3 rings (SSSR count). The Morgan fingerprint density at radius 1 is 0.968 bits per heavy atom. The van der Waals surface area contributed by atoms with E-state index in [9.17, 15) is 57.9 Å². The molecule has 3 heterocycles. The van der Waals surface area contributed by atoms with Gasteiger partial charge in [0.2, 0.25) is 16.9 Å². The molecule has 0 bridgehead atoms. The summed E-state index contributed by atoms with van der Waals surface area (Å²) in [6.45, 7) is 2.72. The van der Waals surface area contributed by atoms with Gasteiger partial charge in [-0.1, -0.05) is 90.0 Å². The summed E-state index contributed by atoms with van der Waals surface area (Å²) in [5, 5.41) is 26.4. The Balaban J connectivity index is 1.37. The number of fused-ring (bicyclic) bond motifs is 1. The number of carbonyl (C=O) groups is 3. The van der Waals surface area contributed by atoms with E-state index in [4.69, 9.17) is 19.5 Å². The van der Waals surface area contributed by atoms with Crippen molar-refractivity contribution in [3.05, 3.63) is 24.8 Å². The van der Waals surface area contributed by atoms with Crippen LogP contribution >= 0.6 is 35.2 Å². The van der Waals surface area contributed by atoms with E-state index in [1.807, 2.05) is 6.08 Å². The molecule has 0 spiro atoms. The average molecular weight is 976 g/mol. The van der Waals surface area contributed by atoms with Gasteiger partial charge in [0.15, 0.2) is 17.7 Å². The van der Waals surface area contributed by atoms with Crippen LogP contribution in [-0.4, -0.2) is 123 Å². The lowest BCUT2D eigenvalue weighted by molar-refractivity contribution is -0.137. The van der Waals surface area contributed by atoms with Gasteiger partial charge in [-0.3, -0.25) is 32.5 Å². The molecule has 24 nitrogen and oxygen atoms in total. The molecule has 10 N–H and O–H groups in total. The second-order valence-corrected chi connectivity index (χ2v) is 20.6. The van der Waals surface area contributed by atoms with Gasteiger partial charge < -0.3 is 50.9 Å². The first-order valence-electron chi connectivity index (χ1n) is 20.3. The number of allylic oxidation sites excluding steroid dienone is 1. The maximum Gasteiger partial charge on any atom is 0.481 e. The first-order valence-corrected chi connectivity index (χ1v) is 25.8. The Kier molecular flexibility index (Phi) is 22.4. The van der Waals surface area contributed by atoms with Crippen molar-refractivity contribution in [2.75, 3.05) is 37.8 Å². The van der Waals surface area contributed by atoms with Gasteiger partial charge in [0, 0.05) is 30.7 Å². The minimum atomic E-state index is -5.57. The normalized spacial score (nSPS) is 20.7. The lowest BCUT2D eigenvalue weighted by Gasteiger charge is -2.30. The number of nitrogens with one attached hydrogen (secondary N) is 2. The predicted octanol–water partition coefficient (Wildman–Crippen LogP) is 3.14. The Bertz CT molecular complexity index is 1970. The van der Waals surface area contributed by atoms with Crippen molar-refractivity contribution in [2.24, 2.45) is 5.41 Å². The standard InChI is InChI=1S/C35H60N7O17P3S/c1-4-5-6-7-8-9-10-11-12-13-14-15-26(44)63-19-18-37-25(43)16-17-38-33(47)30(46)35(2,3)21-56-62(53,54)59-61(51,52)55-20-24-29(58-60(48,49)50)28(45)34(57-24)42-23-41-27-31(36)39-22-40-32(27)42/h14-15,22-24,28-30,34,45-46H,4-13,16-21H2,1-3H3,(H,37,43)(H,38,47)(H,51,52)(H,53,54)(H2,36,39,40)(H2,48,49,50)/b15-14+/t24-,28-,29-,30+,34-/m1/s1. The van der Waals surface area contributed by atoms with Gasteiger partial charge in [-0.15, -0.1) is 0 Å². The average Bonchev–Trinajstić information content (AvgIpc) is 3.76. The summed E-state index contributed by atoms with van der Waals surface area (Å²) in [4.78, 5) is 88.0. The molecule has 2 aromatic rings. The van der Waals surface area contributed by atoms with Crippen molar-refractivity contribution in [1.82, 2.24) is 30.2 Å². The molecule has 2 aromatic heterocycles. The monoisotopic (exact) mass is 975 g/mol. The van der Waals surface area contributed by atoms with Gasteiger partial charge in [0.25, 0.3) is 0 Å². The Morgan fingerprint density at radius 3 is 2.29 bits per heavy atom. The van der Waals surface area contributed by atoms with E-state index < -0.39 is 84.6 Å². The molecule has 63 heavy (non-hydrogen) atoms. The molecule has 358 valence electrons. The van der Waals surface area contributed by atoms with Gasteiger partial charge in [-0.2, -0.15) is 4.31 Å². The quantitative estimate of drug-likeness (QED) is 0.0308. The van der Waals surface area contributed by atoms with Crippen molar-refractivity contribution < 1.29 is 80.5 Å². The number of phosphoric acid groups is 3. The van der Waals surface area contributed by atoms with Gasteiger partial charge >= 0.3 is 23.5 Å². The summed E-state index contributed by atoms with van der Waals surface area (Å²) >= 11 is 1.06. The Labute approximate surface area is 368 Å². The minimum Gasteiger partial charge on any atom is -0.386 e. The van der Waals surface area contributed by atoms with Crippen molar-refractivity contribution in [3.63, 3.8) is 0 Å². The van der Waals surface area contributed by atoms with E-state index in [-0.39, 0.29) is 41.6 Å². The molecule has 1 saturated heterocycles. The summed E-state index contributed by atoms with van der Waals surface area (Å²) in [7, 11) is -16.4. The third-order valence-corrected chi connectivity index (χ3v) is 13.4. The van der Waals surface area contributed by atoms with Crippen molar-refractivity contribution in [1.29, 1.82) is 0 Å². The number of hydrogen-bond acceptors (Lipinski definition) is 18. The summed E-state index contributed by atoms with van der Waals surface area (Å²) < 4.78 is 62.3. The number of phosphoric ester groups is 3. The van der Waals surface area contributed by atoms with Crippen LogP contribution in [0.2, 0.25) is 0 Å². The molecule has 1 aliphatic heterocycles. The highest BCUT2D eigenvalue weighted by Crippen LogP contribution is 2.61. The van der Waals surface area contributed by atoms with Crippen LogP contribution in [0.25, 0.3) is 11.2 Å². The van der Waals surface area contributed by atoms with Gasteiger partial charge in [0.05, 0.1) is 19.5 Å².